The van der Waals surface area contributed by atoms with E-state index in [1.807, 2.05) is 60.7 Å². The first-order valence-electron chi connectivity index (χ1n) is 8.85. The van der Waals surface area contributed by atoms with E-state index in [1.165, 1.54) is 16.7 Å². The number of hydrogen-bond acceptors (Lipinski definition) is 4. The summed E-state index contributed by atoms with van der Waals surface area (Å²) in [6, 6.07) is 20.9. The first-order chi connectivity index (χ1) is 13.7. The standard InChI is InChI=1S/C22H18N2O3S/c25-21(23-14-17-9-6-12-27-17)15-24-18-10-4-5-11-19(18)28-20(22(24)26)13-16-7-2-1-3-8-16/h1-13H,14-15H2,(H,23,25). The zero-order valence-corrected chi connectivity index (χ0v) is 15.8. The van der Waals surface area contributed by atoms with Gasteiger partial charge >= 0.3 is 0 Å². The Labute approximate surface area is 167 Å². The smallest absolute Gasteiger partial charge is 0.265 e. The molecule has 1 aliphatic rings. The van der Waals surface area contributed by atoms with Gasteiger partial charge in [-0.1, -0.05) is 54.2 Å². The molecular weight excluding hydrogens is 372 g/mol. The lowest BCUT2D eigenvalue weighted by Gasteiger charge is -2.29. The van der Waals surface area contributed by atoms with Gasteiger partial charge in [0.1, 0.15) is 12.3 Å². The van der Waals surface area contributed by atoms with Crippen molar-refractivity contribution in [3.05, 3.63) is 89.2 Å². The van der Waals surface area contributed by atoms with Crippen LogP contribution >= 0.6 is 11.8 Å². The average molecular weight is 390 g/mol. The molecule has 140 valence electrons. The van der Waals surface area contributed by atoms with E-state index < -0.39 is 0 Å². The minimum absolute atomic E-state index is 0.0523. The van der Waals surface area contributed by atoms with Crippen molar-refractivity contribution < 1.29 is 14.0 Å². The van der Waals surface area contributed by atoms with Crippen LogP contribution in [0.4, 0.5) is 5.69 Å². The molecule has 0 unspecified atom stereocenters. The van der Waals surface area contributed by atoms with E-state index in [-0.39, 0.29) is 24.9 Å². The monoisotopic (exact) mass is 390 g/mol. The molecule has 1 N–H and O–H groups in total. The van der Waals surface area contributed by atoms with Gasteiger partial charge in [-0.2, -0.15) is 0 Å². The number of para-hydroxylation sites is 1. The van der Waals surface area contributed by atoms with Crippen molar-refractivity contribution >= 4 is 35.3 Å². The van der Waals surface area contributed by atoms with Crippen molar-refractivity contribution in [1.82, 2.24) is 5.32 Å². The van der Waals surface area contributed by atoms with Crippen molar-refractivity contribution in [3.63, 3.8) is 0 Å². The van der Waals surface area contributed by atoms with E-state index in [0.717, 1.165) is 16.1 Å². The lowest BCUT2D eigenvalue weighted by Crippen LogP contribution is -2.42. The Morgan fingerprint density at radius 3 is 2.61 bits per heavy atom. The van der Waals surface area contributed by atoms with Crippen LogP contribution in [0.5, 0.6) is 0 Å². The van der Waals surface area contributed by atoms with Gasteiger partial charge < -0.3 is 9.73 Å². The summed E-state index contributed by atoms with van der Waals surface area (Å²) in [5.74, 6) is 0.241. The van der Waals surface area contributed by atoms with Crippen LogP contribution in [0, 0.1) is 0 Å². The van der Waals surface area contributed by atoms with Crippen molar-refractivity contribution in [2.45, 2.75) is 11.4 Å². The molecule has 0 bridgehead atoms. The fraction of sp³-hybridized carbons (Fsp3) is 0.0909. The lowest BCUT2D eigenvalue weighted by molar-refractivity contribution is -0.122. The van der Waals surface area contributed by atoms with Gasteiger partial charge in [0, 0.05) is 4.90 Å². The second-order valence-corrected chi connectivity index (χ2v) is 7.32. The molecule has 0 radical (unpaired) electrons. The summed E-state index contributed by atoms with van der Waals surface area (Å²) in [5.41, 5.74) is 1.69. The molecule has 1 aliphatic heterocycles. The van der Waals surface area contributed by atoms with Crippen LogP contribution in [0.15, 0.2) is 87.2 Å². The molecule has 3 aromatic rings. The minimum atomic E-state index is -0.245. The number of nitrogens with zero attached hydrogens (tertiary/aromatic N) is 1. The molecule has 0 saturated heterocycles. The zero-order chi connectivity index (χ0) is 19.3. The summed E-state index contributed by atoms with van der Waals surface area (Å²) in [6.45, 7) is 0.236. The Bertz CT molecular complexity index is 1010. The fourth-order valence-corrected chi connectivity index (χ4v) is 3.98. The van der Waals surface area contributed by atoms with Gasteiger partial charge in [0.05, 0.1) is 23.4 Å². The molecule has 2 aromatic carbocycles. The van der Waals surface area contributed by atoms with Gasteiger partial charge in [-0.25, -0.2) is 0 Å². The van der Waals surface area contributed by atoms with Crippen molar-refractivity contribution in [2.24, 2.45) is 0 Å². The molecular formula is C22H18N2O3S. The topological polar surface area (TPSA) is 62.6 Å². The molecule has 0 fully saturated rings. The molecule has 6 heteroatoms. The van der Waals surface area contributed by atoms with Crippen LogP contribution in [0.2, 0.25) is 0 Å². The van der Waals surface area contributed by atoms with Crippen LogP contribution in [-0.2, 0) is 16.1 Å². The molecule has 2 amide bonds. The third kappa shape index (κ3) is 4.02. The largest absolute Gasteiger partial charge is 0.467 e. The highest BCUT2D eigenvalue weighted by Crippen LogP contribution is 2.41. The highest BCUT2D eigenvalue weighted by atomic mass is 32.2. The number of hydrogen-bond donors (Lipinski definition) is 1. The second-order valence-electron chi connectivity index (χ2n) is 6.24. The number of anilines is 1. The molecule has 5 nitrogen and oxygen atoms in total. The van der Waals surface area contributed by atoms with Gasteiger partial charge in [0.15, 0.2) is 0 Å². The van der Waals surface area contributed by atoms with E-state index in [1.54, 1.807) is 18.4 Å². The molecule has 0 saturated carbocycles. The molecule has 0 aliphatic carbocycles. The van der Waals surface area contributed by atoms with E-state index in [0.29, 0.717) is 10.7 Å². The maximum Gasteiger partial charge on any atom is 0.265 e. The van der Waals surface area contributed by atoms with Crippen molar-refractivity contribution in [2.75, 3.05) is 11.4 Å². The molecule has 2 heterocycles. The number of fused-ring (bicyclic) bond motifs is 1. The number of amides is 2. The molecule has 4 rings (SSSR count). The van der Waals surface area contributed by atoms with Gasteiger partial charge in [-0.05, 0) is 35.9 Å². The predicted octanol–water partition coefficient (Wildman–Crippen LogP) is 4.08. The normalized spacial score (nSPS) is 14.8. The summed E-state index contributed by atoms with van der Waals surface area (Å²) in [5, 5.41) is 2.80. The van der Waals surface area contributed by atoms with Crippen LogP contribution in [0.1, 0.15) is 11.3 Å². The van der Waals surface area contributed by atoms with E-state index in [2.05, 4.69) is 5.32 Å². The number of carbonyl (C=O) groups is 2. The number of benzene rings is 2. The Morgan fingerprint density at radius 1 is 1.04 bits per heavy atom. The van der Waals surface area contributed by atoms with E-state index >= 15 is 0 Å². The first kappa shape index (κ1) is 18.1. The Kier molecular flexibility index (Phi) is 5.30. The summed E-state index contributed by atoms with van der Waals surface area (Å²) in [4.78, 5) is 28.6. The molecule has 0 atom stereocenters. The van der Waals surface area contributed by atoms with Crippen molar-refractivity contribution in [3.8, 4) is 0 Å². The number of nitrogens with one attached hydrogen (secondary N) is 1. The maximum atomic E-state index is 13.1. The maximum absolute atomic E-state index is 13.1. The Morgan fingerprint density at radius 2 is 1.82 bits per heavy atom. The SMILES string of the molecule is O=C(CN1C(=O)C(=Cc2ccccc2)Sc2ccccc21)NCc1ccco1. The number of rotatable bonds is 5. The Hall–Kier alpha value is -3.25. The zero-order valence-electron chi connectivity index (χ0n) is 15.0. The van der Waals surface area contributed by atoms with Crippen molar-refractivity contribution in [1.29, 1.82) is 0 Å². The van der Waals surface area contributed by atoms with Gasteiger partial charge in [-0.15, -0.1) is 0 Å². The second kappa shape index (κ2) is 8.19. The minimum Gasteiger partial charge on any atom is -0.467 e. The lowest BCUT2D eigenvalue weighted by atomic mass is 10.2. The predicted molar refractivity (Wildman–Crippen MR) is 110 cm³/mol. The van der Waals surface area contributed by atoms with E-state index in [9.17, 15) is 9.59 Å². The number of furan rings is 1. The molecule has 1 aromatic heterocycles. The van der Waals surface area contributed by atoms with Crippen LogP contribution in [0.3, 0.4) is 0 Å². The van der Waals surface area contributed by atoms with Crippen LogP contribution < -0.4 is 10.2 Å². The number of carbonyl (C=O) groups excluding carboxylic acids is 2. The van der Waals surface area contributed by atoms with E-state index in [4.69, 9.17) is 4.42 Å². The summed E-state index contributed by atoms with van der Waals surface area (Å²) >= 11 is 1.43. The highest BCUT2D eigenvalue weighted by molar-refractivity contribution is 8.04. The van der Waals surface area contributed by atoms with Gasteiger partial charge in [0.25, 0.3) is 5.91 Å². The third-order valence-corrected chi connectivity index (χ3v) is 5.35. The first-order valence-corrected chi connectivity index (χ1v) is 9.67. The highest BCUT2D eigenvalue weighted by Gasteiger charge is 2.30. The summed E-state index contributed by atoms with van der Waals surface area (Å²) in [6.07, 6.45) is 3.42. The van der Waals surface area contributed by atoms with Gasteiger partial charge in [-0.3, -0.25) is 14.5 Å². The summed E-state index contributed by atoms with van der Waals surface area (Å²) in [7, 11) is 0. The molecule has 0 spiro atoms. The average Bonchev–Trinajstić information content (AvgIpc) is 3.24. The Balaban J connectivity index is 1.56. The number of thioether (sulfide) groups is 1. The third-order valence-electron chi connectivity index (χ3n) is 4.27. The fourth-order valence-electron chi connectivity index (χ4n) is 2.92. The van der Waals surface area contributed by atoms with Crippen LogP contribution in [-0.4, -0.2) is 18.4 Å². The summed E-state index contributed by atoms with van der Waals surface area (Å²) < 4.78 is 5.23. The van der Waals surface area contributed by atoms with Gasteiger partial charge in [0.2, 0.25) is 5.91 Å². The quantitative estimate of drug-likeness (QED) is 0.667. The molecule has 28 heavy (non-hydrogen) atoms. The van der Waals surface area contributed by atoms with Crippen LogP contribution in [0.25, 0.3) is 6.08 Å².